The van der Waals surface area contributed by atoms with Crippen LogP contribution in [0.2, 0.25) is 0 Å². The number of pyridine rings is 1. The third-order valence-electron chi connectivity index (χ3n) is 2.25. The van der Waals surface area contributed by atoms with E-state index in [1.807, 2.05) is 0 Å². The predicted molar refractivity (Wildman–Crippen MR) is 69.3 cm³/mol. The second-order valence-electron chi connectivity index (χ2n) is 3.56. The van der Waals surface area contributed by atoms with Gasteiger partial charge in [0.05, 0.1) is 18.1 Å². The molecule has 1 aromatic heterocycles. The van der Waals surface area contributed by atoms with Crippen LogP contribution >= 0.6 is 0 Å². The van der Waals surface area contributed by atoms with E-state index in [2.05, 4.69) is 9.96 Å². The quantitative estimate of drug-likeness (QED) is 0.138. The smallest absolute Gasteiger partial charge is 0.394 e. The zero-order chi connectivity index (χ0) is 15.1. The maximum Gasteiger partial charge on any atom is 0.394 e. The molecule has 0 unspecified atom stereocenters. The lowest BCUT2D eigenvalue weighted by atomic mass is 10.1. The van der Waals surface area contributed by atoms with Crippen LogP contribution in [0, 0.1) is 15.3 Å². The van der Waals surface area contributed by atoms with Crippen molar-refractivity contribution in [2.75, 3.05) is 14.2 Å². The zero-order valence-corrected chi connectivity index (χ0v) is 10.9. The molecule has 0 amide bonds. The van der Waals surface area contributed by atoms with Gasteiger partial charge in [-0.15, -0.1) is 0 Å². The van der Waals surface area contributed by atoms with Crippen LogP contribution in [-0.2, 0) is 14.2 Å². The van der Waals surface area contributed by atoms with Gasteiger partial charge in [-0.1, -0.05) is 0 Å². The van der Waals surface area contributed by atoms with Crippen LogP contribution < -0.4 is 9.96 Å². The summed E-state index contributed by atoms with van der Waals surface area (Å²) in [6.07, 6.45) is 3.13. The first-order valence-electron chi connectivity index (χ1n) is 5.39. The Kier molecular flexibility index (Phi) is 5.48. The zero-order valence-electron chi connectivity index (χ0n) is 10.9. The van der Waals surface area contributed by atoms with Gasteiger partial charge in [-0.25, -0.2) is 4.79 Å². The van der Waals surface area contributed by atoms with E-state index in [4.69, 9.17) is 4.65 Å². The van der Waals surface area contributed by atoms with Crippen LogP contribution in [0.25, 0.3) is 6.08 Å². The van der Waals surface area contributed by atoms with E-state index in [1.165, 1.54) is 7.11 Å². The summed E-state index contributed by atoms with van der Waals surface area (Å²) in [4.78, 5) is 21.7. The molecule has 0 saturated heterocycles. The lowest BCUT2D eigenvalue weighted by molar-refractivity contribution is -0.606. The highest BCUT2D eigenvalue weighted by Gasteiger charge is 2.18. The Labute approximate surface area is 114 Å². The van der Waals surface area contributed by atoms with Crippen molar-refractivity contribution in [3.63, 3.8) is 0 Å². The van der Waals surface area contributed by atoms with Gasteiger partial charge in [0.1, 0.15) is 11.3 Å². The van der Waals surface area contributed by atoms with Gasteiger partial charge >= 0.3 is 13.6 Å². The minimum absolute atomic E-state index is 0.00105. The van der Waals surface area contributed by atoms with Crippen LogP contribution in [0.15, 0.2) is 24.2 Å². The molecule has 20 heavy (non-hydrogen) atoms. The Morgan fingerprint density at radius 3 is 2.80 bits per heavy atom. The van der Waals surface area contributed by atoms with E-state index in [-0.39, 0.29) is 24.6 Å². The van der Waals surface area contributed by atoms with E-state index in [9.17, 15) is 20.1 Å². The van der Waals surface area contributed by atoms with Crippen molar-refractivity contribution >= 4 is 25.3 Å². The van der Waals surface area contributed by atoms with Crippen molar-refractivity contribution in [3.05, 3.63) is 45.0 Å². The van der Waals surface area contributed by atoms with Crippen LogP contribution in [0.5, 0.6) is 0 Å². The standard InChI is InChI=1S/C10H12BN3O6/c1-19-10(15)8(12-11-20-2)5-7-6-13(16)4-3-9(7)14(17)18/h3-6,11-12H,1-2H3/b8-5-. The Hall–Kier alpha value is -2.62. The van der Waals surface area contributed by atoms with E-state index in [0.717, 1.165) is 31.6 Å². The molecule has 0 aliphatic rings. The molecule has 0 aliphatic carbocycles. The Morgan fingerprint density at radius 1 is 1.55 bits per heavy atom. The van der Waals surface area contributed by atoms with Gasteiger partial charge in [-0.05, 0) is 6.08 Å². The highest BCUT2D eigenvalue weighted by Crippen LogP contribution is 2.18. The van der Waals surface area contributed by atoms with Crippen LogP contribution in [0.3, 0.4) is 0 Å². The van der Waals surface area contributed by atoms with Crippen molar-refractivity contribution in [1.29, 1.82) is 0 Å². The summed E-state index contributed by atoms with van der Waals surface area (Å²) in [6, 6.07) is 1.05. The molecule has 106 valence electrons. The molecule has 1 heterocycles. The first-order chi connectivity index (χ1) is 9.49. The number of nitrogens with one attached hydrogen (secondary N) is 1. The summed E-state index contributed by atoms with van der Waals surface area (Å²) >= 11 is 0. The number of methoxy groups -OCH3 is 1. The third-order valence-corrected chi connectivity index (χ3v) is 2.25. The van der Waals surface area contributed by atoms with Crippen molar-refractivity contribution in [2.45, 2.75) is 0 Å². The third kappa shape index (κ3) is 3.95. The molecule has 9 nitrogen and oxygen atoms in total. The number of carbonyl (C=O) groups excluding carboxylic acids is 1. The van der Waals surface area contributed by atoms with Gasteiger partial charge in [0, 0.05) is 7.11 Å². The van der Waals surface area contributed by atoms with Gasteiger partial charge in [0.25, 0.3) is 5.69 Å². The number of aromatic nitrogens is 1. The van der Waals surface area contributed by atoms with E-state index in [1.54, 1.807) is 0 Å². The summed E-state index contributed by atoms with van der Waals surface area (Å²) in [5, 5.41) is 24.7. The van der Waals surface area contributed by atoms with Gasteiger partial charge < -0.3 is 19.8 Å². The lowest BCUT2D eigenvalue weighted by Gasteiger charge is -2.07. The molecule has 0 saturated carbocycles. The average Bonchev–Trinajstić information content (AvgIpc) is 2.42. The molecule has 1 aromatic rings. The minimum atomic E-state index is -0.738. The summed E-state index contributed by atoms with van der Waals surface area (Å²) < 4.78 is 9.67. The molecule has 0 aromatic carbocycles. The Morgan fingerprint density at radius 2 is 2.25 bits per heavy atom. The van der Waals surface area contributed by atoms with Gasteiger partial charge in [-0.2, -0.15) is 4.73 Å². The second kappa shape index (κ2) is 7.09. The molecule has 0 atom stereocenters. The molecule has 10 heteroatoms. The fourth-order valence-electron chi connectivity index (χ4n) is 1.36. The molecule has 1 rings (SSSR count). The number of rotatable bonds is 6. The van der Waals surface area contributed by atoms with Gasteiger partial charge in [-0.3, -0.25) is 10.1 Å². The number of hydrogen-bond donors (Lipinski definition) is 1. The maximum absolute atomic E-state index is 11.5. The molecule has 0 spiro atoms. The topological polar surface area (TPSA) is 118 Å². The number of ether oxygens (including phenoxy) is 1. The number of hydrogen-bond acceptors (Lipinski definition) is 7. The van der Waals surface area contributed by atoms with Crippen molar-refractivity contribution in [1.82, 2.24) is 5.23 Å². The molecule has 0 fully saturated rings. The van der Waals surface area contributed by atoms with E-state index in [0.29, 0.717) is 4.73 Å². The molecular weight excluding hydrogens is 269 g/mol. The molecule has 0 aliphatic heterocycles. The largest absolute Gasteiger partial charge is 0.619 e. The lowest BCUT2D eigenvalue weighted by Crippen LogP contribution is -2.27. The minimum Gasteiger partial charge on any atom is -0.619 e. The summed E-state index contributed by atoms with van der Waals surface area (Å²) in [7, 11) is 2.56. The van der Waals surface area contributed by atoms with Crippen LogP contribution in [0.1, 0.15) is 5.56 Å². The molecule has 0 radical (unpaired) electrons. The monoisotopic (exact) mass is 281 g/mol. The summed E-state index contributed by atoms with van der Waals surface area (Å²) in [5.41, 5.74) is -0.405. The predicted octanol–water partition coefficient (Wildman–Crippen LogP) is -0.755. The number of carbonyl (C=O) groups is 1. The molecule has 0 bridgehead atoms. The normalized spacial score (nSPS) is 10.8. The molecule has 1 N–H and O–H groups in total. The average molecular weight is 281 g/mol. The Bertz CT molecular complexity index is 548. The SMILES string of the molecule is COBN/C(=C\c1c[n+]([O-])ccc1[N+](=O)[O-])C(=O)OC. The fraction of sp³-hybridized carbons (Fsp3) is 0.200. The summed E-state index contributed by atoms with van der Waals surface area (Å²) in [6.45, 7) is 0. The highest BCUT2D eigenvalue weighted by atomic mass is 16.6. The van der Waals surface area contributed by atoms with E-state index < -0.39 is 10.9 Å². The fourth-order valence-corrected chi connectivity index (χ4v) is 1.36. The van der Waals surface area contributed by atoms with Gasteiger partial charge in [0.2, 0.25) is 0 Å². The van der Waals surface area contributed by atoms with Crippen LogP contribution in [-0.4, -0.2) is 32.7 Å². The molecular formula is C10H12BN3O6. The van der Waals surface area contributed by atoms with E-state index >= 15 is 0 Å². The highest BCUT2D eigenvalue weighted by molar-refractivity contribution is 6.26. The number of esters is 1. The van der Waals surface area contributed by atoms with Crippen molar-refractivity contribution in [3.8, 4) is 0 Å². The van der Waals surface area contributed by atoms with Crippen molar-refractivity contribution in [2.24, 2.45) is 0 Å². The van der Waals surface area contributed by atoms with Gasteiger partial charge in [0.15, 0.2) is 12.4 Å². The Balaban J connectivity index is 3.24. The first kappa shape index (κ1) is 15.4. The summed E-state index contributed by atoms with van der Waals surface area (Å²) in [5.74, 6) is -0.738. The maximum atomic E-state index is 11.5. The van der Waals surface area contributed by atoms with Crippen molar-refractivity contribution < 1.29 is 23.8 Å². The first-order valence-corrected chi connectivity index (χ1v) is 5.39. The number of nitro groups is 1. The second-order valence-corrected chi connectivity index (χ2v) is 3.56. The number of nitrogens with zero attached hydrogens (tertiary/aromatic N) is 2. The van der Waals surface area contributed by atoms with Crippen LogP contribution in [0.4, 0.5) is 5.69 Å².